The lowest BCUT2D eigenvalue weighted by molar-refractivity contribution is -0.911. The molecular weight excluding hydrogens is 1070 g/mol. The van der Waals surface area contributed by atoms with E-state index in [2.05, 4.69) is 15.6 Å². The third-order valence-corrected chi connectivity index (χ3v) is 16.6. The highest BCUT2D eigenvalue weighted by atomic mass is 35.5. The van der Waals surface area contributed by atoms with Gasteiger partial charge in [-0.3, -0.25) is 30.0 Å². The molecule has 4 aromatic carbocycles. The van der Waals surface area contributed by atoms with Crippen LogP contribution in [0, 0.1) is 5.41 Å². The van der Waals surface area contributed by atoms with Crippen molar-refractivity contribution in [3.63, 3.8) is 0 Å². The Morgan fingerprint density at radius 1 is 0.848 bits per heavy atom. The number of nitrogens with zero attached hydrogens (tertiary/aromatic N) is 4. The Morgan fingerprint density at radius 2 is 1.44 bits per heavy atom. The van der Waals surface area contributed by atoms with Crippen molar-refractivity contribution in [1.29, 1.82) is 5.41 Å². The lowest BCUT2D eigenvalue weighted by Crippen LogP contribution is -2.71. The molecule has 2 saturated heterocycles. The van der Waals surface area contributed by atoms with Gasteiger partial charge in [0.1, 0.15) is 77.7 Å². The summed E-state index contributed by atoms with van der Waals surface area (Å²) in [5.41, 5.74) is 3.20. The Morgan fingerprint density at radius 3 is 2.04 bits per heavy atom. The highest BCUT2D eigenvalue weighted by Gasteiger charge is 2.55. The van der Waals surface area contributed by atoms with Crippen LogP contribution in [0.3, 0.4) is 0 Å². The number of β-lactam (4-membered cyclic amide) rings is 1. The molecule has 5 heterocycles. The van der Waals surface area contributed by atoms with Gasteiger partial charge in [0.05, 0.1) is 52.5 Å². The number of fused-ring (bicyclic) bond motifs is 2. The number of thioether (sulfide) groups is 1. The Labute approximate surface area is 471 Å². The highest BCUT2D eigenvalue weighted by Crippen LogP contribution is 2.44. The third-order valence-electron chi connectivity index (χ3n) is 14.1. The number of hydrogen-bond acceptors (Lipinski definition) is 16. The van der Waals surface area contributed by atoms with Gasteiger partial charge in [-0.2, -0.15) is 0 Å². The quantitative estimate of drug-likeness (QED) is 0.0272. The molecule has 4 amide bonds. The van der Waals surface area contributed by atoms with Crippen molar-refractivity contribution in [2.75, 3.05) is 71.7 Å². The molecule has 2 atom stereocenters. The molecule has 0 aliphatic carbocycles. The number of carbonyl (C=O) groups is 5. The van der Waals surface area contributed by atoms with Gasteiger partial charge in [0, 0.05) is 41.7 Å². The van der Waals surface area contributed by atoms with E-state index in [0.717, 1.165) is 59.7 Å². The minimum atomic E-state index is -1.05. The molecule has 4 aliphatic rings. The van der Waals surface area contributed by atoms with Gasteiger partial charge in [0.25, 0.3) is 17.7 Å². The number of anilines is 1. The van der Waals surface area contributed by atoms with Gasteiger partial charge in [-0.05, 0) is 91.9 Å². The molecule has 0 bridgehead atoms. The molecule has 0 saturated carbocycles. The van der Waals surface area contributed by atoms with E-state index in [1.807, 2.05) is 53.4 Å². The maximum Gasteiger partial charge on any atom is 0.413 e. The number of methoxy groups -OCH3 is 3. The van der Waals surface area contributed by atoms with Crippen molar-refractivity contribution >= 4 is 75.3 Å². The Bertz CT molecular complexity index is 3140. The van der Waals surface area contributed by atoms with Crippen molar-refractivity contribution in [1.82, 2.24) is 20.1 Å². The van der Waals surface area contributed by atoms with Gasteiger partial charge in [0.15, 0.2) is 16.6 Å². The number of aromatic nitrogens is 1. The number of amides is 4. The van der Waals surface area contributed by atoms with Crippen molar-refractivity contribution in [2.45, 2.75) is 76.9 Å². The van der Waals surface area contributed by atoms with Crippen LogP contribution in [0.15, 0.2) is 95.5 Å². The largest absolute Gasteiger partial charge is 0.497 e. The fourth-order valence-corrected chi connectivity index (χ4v) is 12.3. The Kier molecular flexibility index (Phi) is 17.4. The average Bonchev–Trinajstić information content (AvgIpc) is 4.15. The van der Waals surface area contributed by atoms with E-state index < -0.39 is 46.6 Å². The third kappa shape index (κ3) is 13.1. The number of thiazole rings is 1. The molecule has 0 radical (unpaired) electrons. The summed E-state index contributed by atoms with van der Waals surface area (Å²) in [6.07, 6.45) is 1.61. The van der Waals surface area contributed by atoms with Gasteiger partial charge < -0.3 is 47.9 Å². The van der Waals surface area contributed by atoms with E-state index >= 15 is 0 Å². The number of nitrogens with one attached hydrogen (secondary N) is 3. The fraction of sp³-hybridized carbons (Fsp3) is 0.386. The summed E-state index contributed by atoms with van der Waals surface area (Å²) < 4.78 is 40.6. The van der Waals surface area contributed by atoms with E-state index in [9.17, 15) is 24.0 Å². The molecule has 4 aliphatic heterocycles. The van der Waals surface area contributed by atoms with Crippen molar-refractivity contribution in [2.24, 2.45) is 0 Å². The molecule has 0 unspecified atom stereocenters. The standard InChI is InChI=1S/C57H62ClN7O12S2/c1-57(2,3)77-56(70)62-55-60-43(33-79-55)46(59)50(66)61-47-52(68)64-48(54(69)76-31-36-13-19-40(73-6)20-14-36)37(32-78-53(47)64)28-65(24-7-8-25-65)26-23-63-22-21-41-42(51(63)67)27-44(74-29-34-9-15-38(71-4)16-10-34)49(45(41)58)75-30-35-11-17-39(72-5)18-12-35/h9-20,27,33,47,53,59H,7-8,21-26,28-32H2,1-6H3,(H-,60,61,62,66,70)/p+1/t47-,53-/m1/s1. The second-order valence-electron chi connectivity index (χ2n) is 20.5. The summed E-state index contributed by atoms with van der Waals surface area (Å²) in [5, 5.41) is 15.1. The number of likely N-dealkylation sites (tertiary alicyclic amines) is 1. The number of quaternary nitrogens is 1. The molecule has 22 heteroatoms. The molecule has 79 heavy (non-hydrogen) atoms. The number of esters is 1. The van der Waals surface area contributed by atoms with Crippen LogP contribution in [0.5, 0.6) is 28.7 Å². The molecule has 2 fully saturated rings. The molecule has 5 aromatic rings. The molecule has 1 aromatic heterocycles. The van der Waals surface area contributed by atoms with Gasteiger partial charge in [-0.1, -0.05) is 48.0 Å². The minimum Gasteiger partial charge on any atom is -0.497 e. The Hall–Kier alpha value is -7.33. The number of carbonyl (C=O) groups excluding carboxylic acids is 5. The summed E-state index contributed by atoms with van der Waals surface area (Å²) >= 11 is 9.63. The molecule has 9 rings (SSSR count). The summed E-state index contributed by atoms with van der Waals surface area (Å²) in [5.74, 6) is 0.879. The van der Waals surface area contributed by atoms with Gasteiger partial charge in [-0.15, -0.1) is 23.1 Å². The second kappa shape index (κ2) is 24.4. The molecule has 3 N–H and O–H groups in total. The van der Waals surface area contributed by atoms with Gasteiger partial charge >= 0.3 is 12.1 Å². The monoisotopic (exact) mass is 1140 g/mol. The summed E-state index contributed by atoms with van der Waals surface area (Å²) in [6, 6.07) is 22.8. The fourth-order valence-electron chi connectivity index (χ4n) is 9.92. The summed E-state index contributed by atoms with van der Waals surface area (Å²) in [7, 11) is 4.78. The van der Waals surface area contributed by atoms with Crippen molar-refractivity contribution in [3.8, 4) is 28.7 Å². The van der Waals surface area contributed by atoms with Crippen molar-refractivity contribution < 1.29 is 61.6 Å². The molecular formula is C57H63ClN7O12S2+. The van der Waals surface area contributed by atoms with Crippen LogP contribution in [0.25, 0.3) is 0 Å². The lowest BCUT2D eigenvalue weighted by Gasteiger charge is -2.50. The average molecular weight is 1140 g/mol. The van der Waals surface area contributed by atoms with Crippen molar-refractivity contribution in [3.05, 3.63) is 134 Å². The first-order valence-corrected chi connectivity index (χ1v) is 28.1. The number of benzene rings is 4. The van der Waals surface area contributed by atoms with E-state index in [1.54, 1.807) is 72.4 Å². The number of rotatable bonds is 21. The highest BCUT2D eigenvalue weighted by molar-refractivity contribution is 8.00. The van der Waals surface area contributed by atoms with Crippen LogP contribution in [-0.2, 0) is 50.1 Å². The zero-order valence-electron chi connectivity index (χ0n) is 44.8. The summed E-state index contributed by atoms with van der Waals surface area (Å²) in [6.45, 7) is 8.86. The minimum absolute atomic E-state index is 0.00250. The van der Waals surface area contributed by atoms with Crippen LogP contribution < -0.4 is 34.3 Å². The maximum atomic E-state index is 14.7. The normalized spacial score (nSPS) is 17.5. The van der Waals surface area contributed by atoms with Gasteiger partial charge in [-0.25, -0.2) is 14.6 Å². The van der Waals surface area contributed by atoms with Crippen LogP contribution in [-0.4, -0.2) is 138 Å². The topological polar surface area (TPSA) is 217 Å². The van der Waals surface area contributed by atoms with Crippen LogP contribution in [0.4, 0.5) is 9.93 Å². The van der Waals surface area contributed by atoms with Crippen LogP contribution in [0.1, 0.15) is 71.9 Å². The number of hydrogen-bond donors (Lipinski definition) is 3. The zero-order chi connectivity index (χ0) is 56.0. The van der Waals surface area contributed by atoms with E-state index in [1.165, 1.54) is 22.0 Å². The number of ether oxygens (including phenoxy) is 7. The smallest absolute Gasteiger partial charge is 0.413 e. The zero-order valence-corrected chi connectivity index (χ0v) is 47.2. The SMILES string of the molecule is COc1ccc(COC(=O)C2=C(C[N+]3(CCN4CCc5c(cc(OCc6ccc(OC)cc6)c(OCc6ccc(OC)cc6)c5Cl)C4=O)CCCC3)CS[C@@H]3[C@H](NC(=O)C(=N)c4csc(NC(=O)OC(C)(C)C)n4)C(=O)N23)cc1. The number of halogens is 1. The van der Waals surface area contributed by atoms with Gasteiger partial charge in [0.2, 0.25) is 0 Å². The summed E-state index contributed by atoms with van der Waals surface area (Å²) in [4.78, 5) is 76.7. The molecule has 19 nitrogen and oxygen atoms in total. The molecule has 0 spiro atoms. The Balaban J connectivity index is 0.923. The van der Waals surface area contributed by atoms with E-state index in [0.29, 0.717) is 87.5 Å². The van der Waals surface area contributed by atoms with Crippen LogP contribution >= 0.6 is 34.7 Å². The molecule has 416 valence electrons. The first kappa shape index (κ1) is 56.4. The van der Waals surface area contributed by atoms with E-state index in [4.69, 9.17) is 50.2 Å². The van der Waals surface area contributed by atoms with E-state index in [-0.39, 0.29) is 42.3 Å². The first-order valence-electron chi connectivity index (χ1n) is 25.8. The lowest BCUT2D eigenvalue weighted by atomic mass is 9.97. The predicted octanol–water partition coefficient (Wildman–Crippen LogP) is 8.40. The maximum absolute atomic E-state index is 14.7. The predicted molar refractivity (Wildman–Crippen MR) is 298 cm³/mol. The first-order chi connectivity index (χ1) is 37.9. The van der Waals surface area contributed by atoms with Crippen LogP contribution in [0.2, 0.25) is 5.02 Å². The second-order valence-corrected chi connectivity index (χ2v) is 22.9.